The van der Waals surface area contributed by atoms with Crippen LogP contribution >= 0.6 is 11.6 Å². The topological polar surface area (TPSA) is 100 Å². The smallest absolute Gasteiger partial charge is 0.329 e. The number of phenolic OH excluding ortho intramolecular Hbond substituents is 1. The molecule has 0 aromatic heterocycles. The second-order valence-corrected chi connectivity index (χ2v) is 5.45. The van der Waals surface area contributed by atoms with Crippen molar-refractivity contribution in [3.63, 3.8) is 0 Å². The Kier molecular flexibility index (Phi) is 5.97. The molecule has 2 amide bonds. The van der Waals surface area contributed by atoms with Crippen LogP contribution in [0.4, 0.5) is 5.69 Å². The number of nitrogens with zero attached hydrogens (tertiary/aromatic N) is 1. The number of nitrogens with one attached hydrogen (secondary N) is 2. The van der Waals surface area contributed by atoms with E-state index in [1.54, 1.807) is 43.3 Å². The van der Waals surface area contributed by atoms with Crippen molar-refractivity contribution in [2.45, 2.75) is 6.92 Å². The number of hydrazone groups is 1. The third-order valence-corrected chi connectivity index (χ3v) is 3.50. The molecule has 0 radical (unpaired) electrons. The summed E-state index contributed by atoms with van der Waals surface area (Å²) in [6.45, 7) is 1.75. The van der Waals surface area contributed by atoms with Crippen molar-refractivity contribution in [1.29, 1.82) is 0 Å². The Morgan fingerprint density at radius 3 is 2.68 bits per heavy atom. The molecule has 0 unspecified atom stereocenters. The van der Waals surface area contributed by atoms with Crippen LogP contribution in [0.15, 0.2) is 41.5 Å². The quantitative estimate of drug-likeness (QED) is 0.442. The van der Waals surface area contributed by atoms with E-state index in [0.29, 0.717) is 16.3 Å². The van der Waals surface area contributed by atoms with Crippen LogP contribution in [0.2, 0.25) is 5.02 Å². The maximum absolute atomic E-state index is 11.9. The number of benzene rings is 2. The average molecular weight is 362 g/mol. The van der Waals surface area contributed by atoms with Gasteiger partial charge in [-0.2, -0.15) is 5.10 Å². The fourth-order valence-corrected chi connectivity index (χ4v) is 2.19. The molecule has 2 aromatic rings. The highest BCUT2D eigenvalue weighted by molar-refractivity contribution is 6.39. The number of methoxy groups -OCH3 is 1. The summed E-state index contributed by atoms with van der Waals surface area (Å²) in [4.78, 5) is 23.6. The summed E-state index contributed by atoms with van der Waals surface area (Å²) >= 11 is 5.84. The Morgan fingerprint density at radius 1 is 1.24 bits per heavy atom. The summed E-state index contributed by atoms with van der Waals surface area (Å²) in [7, 11) is 1.42. The van der Waals surface area contributed by atoms with E-state index in [1.807, 2.05) is 0 Å². The van der Waals surface area contributed by atoms with Gasteiger partial charge in [-0.25, -0.2) is 5.43 Å². The van der Waals surface area contributed by atoms with Crippen LogP contribution in [0.5, 0.6) is 11.5 Å². The summed E-state index contributed by atoms with van der Waals surface area (Å²) in [5.74, 6) is -1.68. The molecule has 0 saturated carbocycles. The lowest BCUT2D eigenvalue weighted by molar-refractivity contribution is -0.136. The van der Waals surface area contributed by atoms with Gasteiger partial charge in [0.25, 0.3) is 0 Å². The lowest BCUT2D eigenvalue weighted by atomic mass is 10.2. The first-order valence-corrected chi connectivity index (χ1v) is 7.56. The van der Waals surface area contributed by atoms with Crippen molar-refractivity contribution in [3.8, 4) is 11.5 Å². The molecule has 2 rings (SSSR count). The van der Waals surface area contributed by atoms with Gasteiger partial charge in [0.05, 0.1) is 13.3 Å². The maximum Gasteiger partial charge on any atom is 0.329 e. The molecule has 0 atom stereocenters. The first-order valence-electron chi connectivity index (χ1n) is 7.19. The monoisotopic (exact) mass is 361 g/mol. The van der Waals surface area contributed by atoms with E-state index >= 15 is 0 Å². The number of carbonyl (C=O) groups is 2. The summed E-state index contributed by atoms with van der Waals surface area (Å²) in [6, 6.07) is 9.67. The molecule has 25 heavy (non-hydrogen) atoms. The number of aromatic hydroxyl groups is 1. The average Bonchev–Trinajstić information content (AvgIpc) is 2.58. The first-order chi connectivity index (χ1) is 11.9. The van der Waals surface area contributed by atoms with Gasteiger partial charge in [-0.05, 0) is 42.8 Å². The minimum Gasteiger partial charge on any atom is -0.504 e. The molecule has 8 heteroatoms. The van der Waals surface area contributed by atoms with Crippen LogP contribution in [0.25, 0.3) is 0 Å². The largest absolute Gasteiger partial charge is 0.504 e. The summed E-state index contributed by atoms with van der Waals surface area (Å²) in [6.07, 6.45) is 1.20. The number of hydrogen-bond acceptors (Lipinski definition) is 5. The molecular weight excluding hydrogens is 346 g/mol. The molecule has 0 aliphatic carbocycles. The number of ether oxygens (including phenoxy) is 1. The molecule has 0 saturated heterocycles. The highest BCUT2D eigenvalue weighted by Crippen LogP contribution is 2.27. The van der Waals surface area contributed by atoms with E-state index < -0.39 is 11.8 Å². The molecule has 0 aliphatic heterocycles. The van der Waals surface area contributed by atoms with Gasteiger partial charge in [-0.3, -0.25) is 9.59 Å². The lowest BCUT2D eigenvalue weighted by Gasteiger charge is -2.07. The second-order valence-electron chi connectivity index (χ2n) is 5.01. The molecular formula is C17H16ClN3O4. The Bertz CT molecular complexity index is 837. The number of phenols is 1. The number of rotatable bonds is 4. The van der Waals surface area contributed by atoms with Gasteiger partial charge in [0.1, 0.15) is 0 Å². The summed E-state index contributed by atoms with van der Waals surface area (Å²) in [5.41, 5.74) is 3.61. The van der Waals surface area contributed by atoms with Gasteiger partial charge in [0, 0.05) is 16.3 Å². The fraction of sp³-hybridized carbons (Fsp3) is 0.118. The Labute approximate surface area is 149 Å². The molecule has 0 heterocycles. The normalized spacial score (nSPS) is 10.5. The van der Waals surface area contributed by atoms with Crippen LogP contribution in [-0.2, 0) is 9.59 Å². The number of carbonyl (C=O) groups excluding carboxylic acids is 2. The predicted molar refractivity (Wildman–Crippen MR) is 95.2 cm³/mol. The highest BCUT2D eigenvalue weighted by atomic mass is 35.5. The Hall–Kier alpha value is -3.06. The second kappa shape index (κ2) is 8.16. The van der Waals surface area contributed by atoms with Crippen LogP contribution in [0.1, 0.15) is 11.1 Å². The summed E-state index contributed by atoms with van der Waals surface area (Å²) in [5, 5.41) is 16.5. The van der Waals surface area contributed by atoms with E-state index in [-0.39, 0.29) is 11.5 Å². The zero-order valence-corrected chi connectivity index (χ0v) is 14.3. The van der Waals surface area contributed by atoms with Crippen LogP contribution in [-0.4, -0.2) is 30.2 Å². The van der Waals surface area contributed by atoms with Crippen molar-refractivity contribution >= 4 is 35.3 Å². The number of anilines is 1. The fourth-order valence-electron chi connectivity index (χ4n) is 1.97. The maximum atomic E-state index is 11.9. The number of amides is 2. The van der Waals surface area contributed by atoms with Gasteiger partial charge in [0.15, 0.2) is 11.5 Å². The predicted octanol–water partition coefficient (Wildman–Crippen LogP) is 2.45. The number of para-hydroxylation sites is 1. The molecule has 3 N–H and O–H groups in total. The Morgan fingerprint density at radius 2 is 2.00 bits per heavy atom. The van der Waals surface area contributed by atoms with Gasteiger partial charge in [0.2, 0.25) is 0 Å². The van der Waals surface area contributed by atoms with Crippen LogP contribution < -0.4 is 15.5 Å². The standard InChI is InChI=1S/C17H16ClN3O4/c1-10-8-12(18)6-7-13(10)20-16(23)17(24)21-19-9-11-4-3-5-14(25-2)15(11)22/h3-9,22H,1-2H3,(H,20,23)(H,21,24)/b19-9-. The van der Waals surface area contributed by atoms with E-state index in [4.69, 9.17) is 16.3 Å². The minimum absolute atomic E-state index is 0.121. The van der Waals surface area contributed by atoms with Crippen molar-refractivity contribution in [2.75, 3.05) is 12.4 Å². The summed E-state index contributed by atoms with van der Waals surface area (Å²) < 4.78 is 4.96. The number of hydrogen-bond donors (Lipinski definition) is 3. The number of aryl methyl sites for hydroxylation is 1. The molecule has 0 bridgehead atoms. The Balaban J connectivity index is 1.99. The number of halogens is 1. The van der Waals surface area contributed by atoms with E-state index in [0.717, 1.165) is 5.56 Å². The van der Waals surface area contributed by atoms with Gasteiger partial charge >= 0.3 is 11.8 Å². The van der Waals surface area contributed by atoms with Crippen molar-refractivity contribution in [1.82, 2.24) is 5.43 Å². The molecule has 2 aromatic carbocycles. The zero-order valence-electron chi connectivity index (χ0n) is 13.5. The SMILES string of the molecule is COc1cccc(/C=N\NC(=O)C(=O)Nc2ccc(Cl)cc2C)c1O. The third-order valence-electron chi connectivity index (χ3n) is 3.26. The van der Waals surface area contributed by atoms with E-state index in [1.165, 1.54) is 13.3 Å². The van der Waals surface area contributed by atoms with Crippen molar-refractivity contribution in [3.05, 3.63) is 52.5 Å². The van der Waals surface area contributed by atoms with Crippen LogP contribution in [0, 0.1) is 6.92 Å². The molecule has 0 spiro atoms. The highest BCUT2D eigenvalue weighted by Gasteiger charge is 2.14. The van der Waals surface area contributed by atoms with Crippen LogP contribution in [0.3, 0.4) is 0 Å². The van der Waals surface area contributed by atoms with Gasteiger partial charge in [-0.15, -0.1) is 0 Å². The molecule has 0 aliphatic rings. The third kappa shape index (κ3) is 4.71. The first kappa shape index (κ1) is 18.3. The lowest BCUT2D eigenvalue weighted by Crippen LogP contribution is -2.32. The molecule has 7 nitrogen and oxygen atoms in total. The van der Waals surface area contributed by atoms with E-state index in [2.05, 4.69) is 15.8 Å². The van der Waals surface area contributed by atoms with Crippen molar-refractivity contribution in [2.24, 2.45) is 5.10 Å². The van der Waals surface area contributed by atoms with Gasteiger partial charge < -0.3 is 15.2 Å². The zero-order chi connectivity index (χ0) is 18.4. The van der Waals surface area contributed by atoms with E-state index in [9.17, 15) is 14.7 Å². The van der Waals surface area contributed by atoms with Gasteiger partial charge in [-0.1, -0.05) is 17.7 Å². The van der Waals surface area contributed by atoms with Crippen molar-refractivity contribution < 1.29 is 19.4 Å². The molecule has 130 valence electrons. The minimum atomic E-state index is -0.951. The molecule has 0 fully saturated rings.